The summed E-state index contributed by atoms with van der Waals surface area (Å²) in [5, 5.41) is 0. The molecule has 0 fully saturated rings. The summed E-state index contributed by atoms with van der Waals surface area (Å²) in [6.45, 7) is 7.19. The summed E-state index contributed by atoms with van der Waals surface area (Å²) >= 11 is -3.55. The van der Waals surface area contributed by atoms with Crippen molar-refractivity contribution in [3.8, 4) is 22.3 Å². The largest absolute Gasteiger partial charge is 1.00 e. The van der Waals surface area contributed by atoms with Crippen molar-refractivity contribution in [2.75, 3.05) is 0 Å². The van der Waals surface area contributed by atoms with Crippen LogP contribution in [-0.2, 0) is 17.4 Å². The maximum atomic E-state index is 2.76. The molecule has 2 aliphatic rings. The summed E-state index contributed by atoms with van der Waals surface area (Å²) in [4.78, 5) is 0. The molecule has 6 rings (SSSR count). The van der Waals surface area contributed by atoms with Crippen molar-refractivity contribution in [2.24, 2.45) is 0 Å². The van der Waals surface area contributed by atoms with Crippen molar-refractivity contribution < 1.29 is 42.2 Å². The molecule has 2 atom stereocenters. The third-order valence-electron chi connectivity index (χ3n) is 9.19. The molecule has 40 heavy (non-hydrogen) atoms. The van der Waals surface area contributed by atoms with E-state index < -0.39 is 17.4 Å². The first kappa shape index (κ1) is 31.0. The Labute approximate surface area is 255 Å². The average molecular weight is 661 g/mol. The Morgan fingerprint density at radius 2 is 0.925 bits per heavy atom. The number of hydrogen-bond donors (Lipinski definition) is 0. The fraction of sp³-hybridized carbons (Fsp3) is 0.222. The molecule has 204 valence electrons. The third kappa shape index (κ3) is 5.00. The topological polar surface area (TPSA) is 0 Å². The molecule has 0 nitrogen and oxygen atoms in total. The Balaban J connectivity index is 0.00000185. The minimum atomic E-state index is -3.55. The molecule has 0 aromatic heterocycles. The summed E-state index contributed by atoms with van der Waals surface area (Å²) in [6, 6.07) is 36.1. The smallest absolute Gasteiger partial charge is 1.00 e. The maximum absolute atomic E-state index is 3.55. The number of halogens is 2. The summed E-state index contributed by atoms with van der Waals surface area (Å²) in [6.07, 6.45) is 7.38. The molecule has 0 heterocycles. The Morgan fingerprint density at radius 1 is 0.550 bits per heavy atom. The van der Waals surface area contributed by atoms with Gasteiger partial charge in [-0.25, -0.2) is 0 Å². The Morgan fingerprint density at radius 3 is 1.27 bits per heavy atom. The van der Waals surface area contributed by atoms with Gasteiger partial charge in [0, 0.05) is 0 Å². The van der Waals surface area contributed by atoms with Gasteiger partial charge in [0.1, 0.15) is 0 Å². The molecule has 2 unspecified atom stereocenters. The van der Waals surface area contributed by atoms with Crippen LogP contribution >= 0.6 is 0 Å². The number of benzene rings is 4. The Kier molecular flexibility index (Phi) is 9.09. The molecule has 0 saturated heterocycles. The summed E-state index contributed by atoms with van der Waals surface area (Å²) < 4.78 is 6.64. The molecule has 0 N–H and O–H groups in total. The molecule has 0 radical (unpaired) electrons. The van der Waals surface area contributed by atoms with E-state index in [-0.39, 0.29) is 24.8 Å². The molecular formula is C36H38Cl2SiZr. The predicted octanol–water partition coefficient (Wildman–Crippen LogP) is 3.76. The first-order valence-corrected chi connectivity index (χ1v) is 27.8. The van der Waals surface area contributed by atoms with Gasteiger partial charge >= 0.3 is 232 Å². The van der Waals surface area contributed by atoms with E-state index in [4.69, 9.17) is 0 Å². The molecule has 0 spiro atoms. The van der Waals surface area contributed by atoms with Crippen LogP contribution in [0, 0.1) is 0 Å². The van der Waals surface area contributed by atoms with Crippen LogP contribution in [0.15, 0.2) is 108 Å². The van der Waals surface area contributed by atoms with Crippen molar-refractivity contribution in [3.63, 3.8) is 0 Å². The van der Waals surface area contributed by atoms with Gasteiger partial charge in [-0.3, -0.25) is 0 Å². The van der Waals surface area contributed by atoms with Crippen LogP contribution in [-0.4, -0.2) is 6.88 Å². The minimum absolute atomic E-state index is 0. The molecule has 0 amide bonds. The fourth-order valence-electron chi connectivity index (χ4n) is 7.69. The van der Waals surface area contributed by atoms with E-state index in [1.807, 2.05) is 0 Å². The van der Waals surface area contributed by atoms with E-state index in [1.165, 1.54) is 33.4 Å². The van der Waals surface area contributed by atoms with Gasteiger partial charge in [-0.05, 0) is 0 Å². The van der Waals surface area contributed by atoms with Gasteiger partial charge in [-0.15, -0.1) is 0 Å². The van der Waals surface area contributed by atoms with E-state index >= 15 is 0 Å². The zero-order chi connectivity index (χ0) is 26.5. The van der Waals surface area contributed by atoms with E-state index in [2.05, 4.69) is 139 Å². The van der Waals surface area contributed by atoms with Crippen LogP contribution in [0.4, 0.5) is 0 Å². The van der Waals surface area contributed by atoms with Crippen molar-refractivity contribution in [1.29, 1.82) is 0 Å². The van der Waals surface area contributed by atoms with E-state index in [0.29, 0.717) is 7.25 Å². The molecule has 0 saturated carbocycles. The fourth-order valence-corrected chi connectivity index (χ4v) is 27.9. The normalized spacial score (nSPS) is 17.0. The van der Waals surface area contributed by atoms with Crippen LogP contribution < -0.4 is 24.8 Å². The number of fused-ring (bicyclic) bond motifs is 2. The first-order valence-electron chi connectivity index (χ1n) is 14.2. The minimum Gasteiger partial charge on any atom is -1.00 e. The van der Waals surface area contributed by atoms with Crippen LogP contribution in [0.2, 0.25) is 9.26 Å². The van der Waals surface area contributed by atoms with Crippen molar-refractivity contribution in [2.45, 2.75) is 43.2 Å². The molecule has 4 aromatic carbocycles. The third-order valence-corrected chi connectivity index (χ3v) is 26.7. The van der Waals surface area contributed by atoms with E-state index in [0.717, 1.165) is 12.8 Å². The quantitative estimate of drug-likeness (QED) is 0.277. The number of allylic oxidation sites excluding steroid dienone is 2. The molecular weight excluding hydrogens is 623 g/mol. The van der Waals surface area contributed by atoms with Gasteiger partial charge in [0.2, 0.25) is 0 Å². The predicted molar refractivity (Wildman–Crippen MR) is 166 cm³/mol. The van der Waals surface area contributed by atoms with Crippen molar-refractivity contribution in [1.82, 2.24) is 0 Å². The SMILES string of the molecule is CCC1=Cc2c(-c3ccccc3)cccc2[CH]1[Zr+2]([CH3])([CH3])(=[SiH2])[CH]1C(CC)=Cc2c(-c3ccccc3)cccc21.[Cl-].[Cl-]. The molecule has 0 aliphatic heterocycles. The maximum Gasteiger partial charge on any atom is -1.00 e. The van der Waals surface area contributed by atoms with Gasteiger partial charge in [-0.2, -0.15) is 0 Å². The molecule has 0 bridgehead atoms. The average Bonchev–Trinajstić information content (AvgIpc) is 3.53. The monoisotopic (exact) mass is 658 g/mol. The Hall–Kier alpha value is -1.96. The van der Waals surface area contributed by atoms with Gasteiger partial charge in [-0.1, -0.05) is 0 Å². The van der Waals surface area contributed by atoms with Crippen LogP contribution in [0.5, 0.6) is 0 Å². The van der Waals surface area contributed by atoms with Crippen molar-refractivity contribution >= 4 is 19.0 Å². The van der Waals surface area contributed by atoms with Gasteiger partial charge < -0.3 is 24.8 Å². The molecule has 4 heteroatoms. The van der Waals surface area contributed by atoms with E-state index in [9.17, 15) is 0 Å². The number of hydrogen-bond acceptors (Lipinski definition) is 0. The summed E-state index contributed by atoms with van der Waals surface area (Å²) in [5.41, 5.74) is 14.8. The molecule has 2 aliphatic carbocycles. The van der Waals surface area contributed by atoms with Gasteiger partial charge in [0.15, 0.2) is 0 Å². The zero-order valence-electron chi connectivity index (χ0n) is 23.9. The van der Waals surface area contributed by atoms with Crippen LogP contribution in [0.25, 0.3) is 34.4 Å². The van der Waals surface area contributed by atoms with Gasteiger partial charge in [0.25, 0.3) is 0 Å². The number of rotatable bonds is 6. The molecule has 4 aromatic rings. The summed E-state index contributed by atoms with van der Waals surface area (Å²) in [5.74, 6) is 0. The standard InChI is InChI=1S/2C17H15.2CH3.2ClH.H2Si.Zr/c2*1-2-13-11-15-9-6-10-16(17(15)12-13)14-7-4-3-5-8-14;;;;;;/h2*3-12H,2H2,1H3;2*1H3;2*1H;1H2;/q;;;;;;;+2/p-2. The van der Waals surface area contributed by atoms with Gasteiger partial charge in [0.05, 0.1) is 0 Å². The van der Waals surface area contributed by atoms with Crippen LogP contribution in [0.1, 0.15) is 56.2 Å². The second kappa shape index (κ2) is 11.7. The second-order valence-electron chi connectivity index (χ2n) is 12.3. The summed E-state index contributed by atoms with van der Waals surface area (Å²) in [7, 11) is 0. The first-order chi connectivity index (χ1) is 18.3. The Bertz CT molecular complexity index is 1540. The van der Waals surface area contributed by atoms with E-state index in [1.54, 1.807) is 22.3 Å². The van der Waals surface area contributed by atoms with Crippen molar-refractivity contribution in [3.05, 3.63) is 130 Å². The second-order valence-corrected chi connectivity index (χ2v) is 42.8. The van der Waals surface area contributed by atoms with Crippen LogP contribution in [0.3, 0.4) is 0 Å². The zero-order valence-corrected chi connectivity index (χ0v) is 29.3.